The van der Waals surface area contributed by atoms with E-state index in [9.17, 15) is 0 Å². The standard InChI is InChI=1S/C12H8N2S.C8H10.2CH4/c1-2-6-11-10(5-1)12(14-15-11)9-4-3-7-13-8-9;1-2-8-6-4-3-5-7-8;;/h1-8H;3-7H,2H2,1H3;2*1H4. The highest BCUT2D eigenvalue weighted by molar-refractivity contribution is 7.13. The zero-order chi connectivity index (χ0) is 15.9. The van der Waals surface area contributed by atoms with E-state index >= 15 is 0 Å². The molecule has 4 aromatic rings. The zero-order valence-corrected chi connectivity index (χ0v) is 13.8. The Hall–Kier alpha value is -2.52. The van der Waals surface area contributed by atoms with Crippen molar-refractivity contribution in [2.45, 2.75) is 28.2 Å². The fourth-order valence-corrected chi connectivity index (χ4v) is 3.11. The number of aryl methyl sites for hydroxylation is 1. The van der Waals surface area contributed by atoms with E-state index in [1.54, 1.807) is 6.20 Å². The van der Waals surface area contributed by atoms with Gasteiger partial charge < -0.3 is 0 Å². The van der Waals surface area contributed by atoms with E-state index in [1.807, 2.05) is 36.5 Å². The molecular weight excluding hydrogens is 324 g/mol. The van der Waals surface area contributed by atoms with Crippen LogP contribution >= 0.6 is 11.5 Å². The van der Waals surface area contributed by atoms with E-state index < -0.39 is 0 Å². The number of aromatic nitrogens is 2. The van der Waals surface area contributed by atoms with Crippen molar-refractivity contribution in [3.63, 3.8) is 0 Å². The van der Waals surface area contributed by atoms with E-state index in [4.69, 9.17) is 0 Å². The molecule has 2 heterocycles. The molecule has 0 saturated carbocycles. The molecule has 0 aliphatic carbocycles. The van der Waals surface area contributed by atoms with Gasteiger partial charge in [0.1, 0.15) is 0 Å². The normalized spacial score (nSPS) is 9.32. The molecule has 0 aliphatic rings. The van der Waals surface area contributed by atoms with Gasteiger partial charge in [0, 0.05) is 23.3 Å². The van der Waals surface area contributed by atoms with Gasteiger partial charge in [-0.1, -0.05) is 70.3 Å². The van der Waals surface area contributed by atoms with Gasteiger partial charge in [0.05, 0.1) is 10.4 Å². The van der Waals surface area contributed by atoms with Crippen LogP contribution in [-0.2, 0) is 6.42 Å². The van der Waals surface area contributed by atoms with Gasteiger partial charge in [-0.2, -0.15) is 4.37 Å². The lowest BCUT2D eigenvalue weighted by atomic mass is 10.1. The first-order valence-electron chi connectivity index (χ1n) is 7.67. The average Bonchev–Trinajstić information content (AvgIpc) is 3.08. The summed E-state index contributed by atoms with van der Waals surface area (Å²) in [5.41, 5.74) is 3.52. The van der Waals surface area contributed by atoms with Gasteiger partial charge in [-0.15, -0.1) is 0 Å². The largest absolute Gasteiger partial charge is 0.264 e. The van der Waals surface area contributed by atoms with E-state index in [1.165, 1.54) is 27.2 Å². The summed E-state index contributed by atoms with van der Waals surface area (Å²) in [6.45, 7) is 2.16. The molecule has 25 heavy (non-hydrogen) atoms. The summed E-state index contributed by atoms with van der Waals surface area (Å²) >= 11 is 1.53. The Morgan fingerprint density at radius 2 is 1.56 bits per heavy atom. The Labute approximate surface area is 155 Å². The van der Waals surface area contributed by atoms with E-state index in [-0.39, 0.29) is 14.9 Å². The summed E-state index contributed by atoms with van der Waals surface area (Å²) in [5, 5.41) is 1.20. The van der Waals surface area contributed by atoms with Gasteiger partial charge in [-0.3, -0.25) is 4.98 Å². The summed E-state index contributed by atoms with van der Waals surface area (Å²) in [7, 11) is 0. The Morgan fingerprint density at radius 1 is 0.840 bits per heavy atom. The van der Waals surface area contributed by atoms with Crippen LogP contribution in [0.15, 0.2) is 79.1 Å². The van der Waals surface area contributed by atoms with Crippen molar-refractivity contribution in [2.75, 3.05) is 0 Å². The second kappa shape index (κ2) is 10.4. The van der Waals surface area contributed by atoms with E-state index in [0.29, 0.717) is 0 Å². The smallest absolute Gasteiger partial charge is 0.0934 e. The number of fused-ring (bicyclic) bond motifs is 1. The van der Waals surface area contributed by atoms with Crippen molar-refractivity contribution in [1.82, 2.24) is 9.36 Å². The van der Waals surface area contributed by atoms with Crippen molar-refractivity contribution >= 4 is 21.6 Å². The van der Waals surface area contributed by atoms with Crippen LogP contribution < -0.4 is 0 Å². The molecule has 130 valence electrons. The minimum absolute atomic E-state index is 0. The van der Waals surface area contributed by atoms with Gasteiger partial charge in [-0.05, 0) is 41.7 Å². The number of rotatable bonds is 2. The first-order valence-corrected chi connectivity index (χ1v) is 8.44. The van der Waals surface area contributed by atoms with E-state index in [0.717, 1.165) is 17.7 Å². The Kier molecular flexibility index (Phi) is 8.51. The molecule has 0 radical (unpaired) electrons. The molecule has 2 aromatic carbocycles. The average molecular weight is 351 g/mol. The number of nitrogens with zero attached hydrogens (tertiary/aromatic N) is 2. The number of benzene rings is 2. The van der Waals surface area contributed by atoms with Crippen LogP contribution in [0.1, 0.15) is 27.3 Å². The summed E-state index contributed by atoms with van der Waals surface area (Å²) < 4.78 is 5.69. The van der Waals surface area contributed by atoms with Gasteiger partial charge >= 0.3 is 0 Å². The Balaban J connectivity index is 0.000000271. The number of pyridine rings is 1. The van der Waals surface area contributed by atoms with Crippen LogP contribution in [0.3, 0.4) is 0 Å². The lowest BCUT2D eigenvalue weighted by Crippen LogP contribution is -1.78. The maximum absolute atomic E-state index is 4.47. The monoisotopic (exact) mass is 350 g/mol. The molecule has 4 rings (SSSR count). The highest BCUT2D eigenvalue weighted by Gasteiger charge is 2.06. The maximum Gasteiger partial charge on any atom is 0.0934 e. The molecular formula is C22H26N2S. The third kappa shape index (κ3) is 5.23. The van der Waals surface area contributed by atoms with Gasteiger partial charge in [-0.25, -0.2) is 0 Å². The molecule has 0 unspecified atom stereocenters. The molecule has 0 bridgehead atoms. The second-order valence-electron chi connectivity index (χ2n) is 5.11. The van der Waals surface area contributed by atoms with Crippen molar-refractivity contribution in [3.05, 3.63) is 84.7 Å². The van der Waals surface area contributed by atoms with Crippen molar-refractivity contribution in [2.24, 2.45) is 0 Å². The third-order valence-electron chi connectivity index (χ3n) is 3.56. The summed E-state index contributed by atoms with van der Waals surface area (Å²) in [4.78, 5) is 4.11. The summed E-state index contributed by atoms with van der Waals surface area (Å²) in [6.07, 6.45) is 4.76. The lowest BCUT2D eigenvalue weighted by molar-refractivity contribution is 1.14. The minimum atomic E-state index is 0. The Bertz CT molecular complexity index is 855. The topological polar surface area (TPSA) is 25.8 Å². The quantitative estimate of drug-likeness (QED) is 0.394. The molecule has 2 nitrogen and oxygen atoms in total. The molecule has 0 saturated heterocycles. The Morgan fingerprint density at radius 3 is 2.20 bits per heavy atom. The third-order valence-corrected chi connectivity index (χ3v) is 4.39. The van der Waals surface area contributed by atoms with Crippen LogP contribution in [0.2, 0.25) is 0 Å². The number of hydrogen-bond acceptors (Lipinski definition) is 3. The number of hydrogen-bond donors (Lipinski definition) is 0. The van der Waals surface area contributed by atoms with Gasteiger partial charge in [0.2, 0.25) is 0 Å². The van der Waals surface area contributed by atoms with Crippen LogP contribution in [0.25, 0.3) is 21.3 Å². The first-order chi connectivity index (χ1) is 11.4. The SMILES string of the molecule is C.C.CCc1ccccc1.c1cncc(-c2nsc3ccccc23)c1. The fraction of sp³-hybridized carbons (Fsp3) is 0.182. The molecule has 0 N–H and O–H groups in total. The summed E-state index contributed by atoms with van der Waals surface area (Å²) in [5.74, 6) is 0. The lowest BCUT2D eigenvalue weighted by Gasteiger charge is -1.95. The van der Waals surface area contributed by atoms with Crippen molar-refractivity contribution < 1.29 is 0 Å². The first kappa shape index (κ1) is 20.5. The van der Waals surface area contributed by atoms with Gasteiger partial charge in [0.15, 0.2) is 0 Å². The minimum Gasteiger partial charge on any atom is -0.264 e. The van der Waals surface area contributed by atoms with Gasteiger partial charge in [0.25, 0.3) is 0 Å². The summed E-state index contributed by atoms with van der Waals surface area (Å²) in [6, 6.07) is 22.7. The highest BCUT2D eigenvalue weighted by atomic mass is 32.1. The highest BCUT2D eigenvalue weighted by Crippen LogP contribution is 2.29. The molecule has 0 amide bonds. The van der Waals surface area contributed by atoms with Crippen LogP contribution in [-0.4, -0.2) is 9.36 Å². The second-order valence-corrected chi connectivity index (χ2v) is 5.91. The van der Waals surface area contributed by atoms with Crippen LogP contribution in [0.4, 0.5) is 0 Å². The predicted molar refractivity (Wildman–Crippen MR) is 112 cm³/mol. The zero-order valence-electron chi connectivity index (χ0n) is 13.0. The van der Waals surface area contributed by atoms with Crippen LogP contribution in [0.5, 0.6) is 0 Å². The molecule has 0 aliphatic heterocycles. The molecule has 0 atom stereocenters. The van der Waals surface area contributed by atoms with Crippen molar-refractivity contribution in [1.29, 1.82) is 0 Å². The van der Waals surface area contributed by atoms with Crippen molar-refractivity contribution in [3.8, 4) is 11.3 Å². The molecule has 0 fully saturated rings. The maximum atomic E-state index is 4.47. The molecule has 3 heteroatoms. The van der Waals surface area contributed by atoms with E-state index in [2.05, 4.69) is 52.7 Å². The predicted octanol–water partition coefficient (Wildman–Crippen LogP) is 6.88. The molecule has 2 aromatic heterocycles. The molecule has 0 spiro atoms. The fourth-order valence-electron chi connectivity index (χ4n) is 2.31. The van der Waals surface area contributed by atoms with Crippen LogP contribution in [0, 0.1) is 0 Å².